The fourth-order valence-corrected chi connectivity index (χ4v) is 3.16. The van der Waals surface area contributed by atoms with Gasteiger partial charge in [-0.05, 0) is 42.0 Å². The first kappa shape index (κ1) is 15.3. The maximum Gasteiger partial charge on any atom is 0.293 e. The third kappa shape index (κ3) is 2.85. The molecular weight excluding hydrogens is 336 g/mol. The van der Waals surface area contributed by atoms with E-state index < -0.39 is 0 Å². The molecule has 0 bridgehead atoms. The third-order valence-electron chi connectivity index (χ3n) is 3.88. The van der Waals surface area contributed by atoms with Crippen LogP contribution >= 0.6 is 11.3 Å². The van der Waals surface area contributed by atoms with Crippen LogP contribution in [0.2, 0.25) is 0 Å². The Labute approximate surface area is 148 Å². The van der Waals surface area contributed by atoms with Crippen molar-refractivity contribution in [3.63, 3.8) is 0 Å². The standard InChI is InChI=1S/C18H14N4O2S/c1-22-14-9-12(13-10-25-18(19)21-13)2-3-15(14)24-16(17(22)23)8-11-4-6-20-7-5-11/h2-10H,1H3,(H2,19,21)/b16-8+. The topological polar surface area (TPSA) is 81.3 Å². The molecule has 3 aromatic rings. The number of benzene rings is 1. The molecule has 124 valence electrons. The van der Waals surface area contributed by atoms with E-state index in [4.69, 9.17) is 10.5 Å². The number of hydrogen-bond donors (Lipinski definition) is 1. The van der Waals surface area contributed by atoms with Crippen LogP contribution in [-0.2, 0) is 4.79 Å². The predicted molar refractivity (Wildman–Crippen MR) is 98.2 cm³/mol. The van der Waals surface area contributed by atoms with Crippen molar-refractivity contribution >= 4 is 34.1 Å². The van der Waals surface area contributed by atoms with Gasteiger partial charge in [-0.3, -0.25) is 9.78 Å². The number of hydrogen-bond acceptors (Lipinski definition) is 6. The number of pyridine rings is 1. The SMILES string of the molecule is CN1C(=O)/C(=C\c2ccncc2)Oc2ccc(-c3csc(N)n3)cc21. The quantitative estimate of drug-likeness (QED) is 0.718. The molecule has 0 unspecified atom stereocenters. The van der Waals surface area contributed by atoms with Gasteiger partial charge in [-0.25, -0.2) is 4.98 Å². The number of likely N-dealkylation sites (N-methyl/N-ethyl adjacent to an activating group) is 1. The van der Waals surface area contributed by atoms with Gasteiger partial charge < -0.3 is 15.4 Å². The minimum atomic E-state index is -0.209. The summed E-state index contributed by atoms with van der Waals surface area (Å²) in [4.78, 5) is 22.5. The van der Waals surface area contributed by atoms with Gasteiger partial charge in [0.05, 0.1) is 11.4 Å². The lowest BCUT2D eigenvalue weighted by Crippen LogP contribution is -2.33. The summed E-state index contributed by atoms with van der Waals surface area (Å²) in [6, 6.07) is 9.25. The van der Waals surface area contributed by atoms with Crippen LogP contribution in [0.5, 0.6) is 5.75 Å². The molecule has 4 rings (SSSR count). The Morgan fingerprint density at radius 1 is 1.24 bits per heavy atom. The third-order valence-corrected chi connectivity index (χ3v) is 4.55. The van der Waals surface area contributed by atoms with Gasteiger partial charge in [-0.1, -0.05) is 0 Å². The number of aromatic nitrogens is 2. The summed E-state index contributed by atoms with van der Waals surface area (Å²) in [5, 5.41) is 2.40. The zero-order valence-electron chi connectivity index (χ0n) is 13.3. The van der Waals surface area contributed by atoms with Crippen LogP contribution < -0.4 is 15.4 Å². The highest BCUT2D eigenvalue weighted by molar-refractivity contribution is 7.13. The lowest BCUT2D eigenvalue weighted by Gasteiger charge is -2.27. The highest BCUT2D eigenvalue weighted by Crippen LogP contribution is 2.38. The molecule has 1 aliphatic rings. The Kier molecular flexibility index (Phi) is 3.70. The van der Waals surface area contributed by atoms with Crippen LogP contribution in [0.1, 0.15) is 5.56 Å². The van der Waals surface area contributed by atoms with E-state index in [0.717, 1.165) is 16.8 Å². The molecule has 6 nitrogen and oxygen atoms in total. The van der Waals surface area contributed by atoms with Crippen LogP contribution in [0, 0.1) is 0 Å². The number of nitrogens with two attached hydrogens (primary N) is 1. The van der Waals surface area contributed by atoms with Crippen molar-refractivity contribution in [3.05, 3.63) is 59.4 Å². The van der Waals surface area contributed by atoms with E-state index in [1.165, 1.54) is 11.3 Å². The van der Waals surface area contributed by atoms with Crippen molar-refractivity contribution in [2.75, 3.05) is 17.7 Å². The van der Waals surface area contributed by atoms with Crippen molar-refractivity contribution in [2.24, 2.45) is 0 Å². The van der Waals surface area contributed by atoms with Crippen LogP contribution in [0.3, 0.4) is 0 Å². The van der Waals surface area contributed by atoms with E-state index in [2.05, 4.69) is 9.97 Å². The van der Waals surface area contributed by atoms with Crippen molar-refractivity contribution in [2.45, 2.75) is 0 Å². The lowest BCUT2D eigenvalue weighted by atomic mass is 10.1. The number of rotatable bonds is 2. The fourth-order valence-electron chi connectivity index (χ4n) is 2.58. The van der Waals surface area contributed by atoms with E-state index >= 15 is 0 Å². The van der Waals surface area contributed by atoms with E-state index in [9.17, 15) is 4.79 Å². The van der Waals surface area contributed by atoms with Gasteiger partial charge in [0.25, 0.3) is 5.91 Å². The molecule has 0 saturated carbocycles. The minimum Gasteiger partial charge on any atom is -0.449 e. The van der Waals surface area contributed by atoms with Crippen molar-refractivity contribution in [1.82, 2.24) is 9.97 Å². The molecule has 1 aliphatic heterocycles. The molecular formula is C18H14N4O2S. The number of nitrogen functional groups attached to an aromatic ring is 1. The second-order valence-corrected chi connectivity index (χ2v) is 6.40. The first-order chi connectivity index (χ1) is 12.1. The molecule has 2 aromatic heterocycles. The van der Waals surface area contributed by atoms with Crippen molar-refractivity contribution < 1.29 is 9.53 Å². The zero-order valence-corrected chi connectivity index (χ0v) is 14.2. The predicted octanol–water partition coefficient (Wildman–Crippen LogP) is 3.18. The molecule has 2 N–H and O–H groups in total. The van der Waals surface area contributed by atoms with Crippen molar-refractivity contribution in [1.29, 1.82) is 0 Å². The highest BCUT2D eigenvalue weighted by Gasteiger charge is 2.28. The van der Waals surface area contributed by atoms with E-state index in [1.54, 1.807) is 30.4 Å². The molecule has 0 saturated heterocycles. The molecule has 25 heavy (non-hydrogen) atoms. The number of anilines is 2. The van der Waals surface area contributed by atoms with Crippen LogP contribution in [0.4, 0.5) is 10.8 Å². The largest absolute Gasteiger partial charge is 0.449 e. The summed E-state index contributed by atoms with van der Waals surface area (Å²) < 4.78 is 5.82. The molecule has 0 fully saturated rings. The summed E-state index contributed by atoms with van der Waals surface area (Å²) in [5.74, 6) is 0.681. The molecule has 1 amide bonds. The number of carbonyl (C=O) groups excluding carboxylic acids is 1. The fraction of sp³-hybridized carbons (Fsp3) is 0.0556. The van der Waals surface area contributed by atoms with Crippen LogP contribution in [0.25, 0.3) is 17.3 Å². The second-order valence-electron chi connectivity index (χ2n) is 5.51. The summed E-state index contributed by atoms with van der Waals surface area (Å²) in [5.41, 5.74) is 8.92. The first-order valence-electron chi connectivity index (χ1n) is 7.55. The van der Waals surface area contributed by atoms with Crippen LogP contribution in [0.15, 0.2) is 53.9 Å². The van der Waals surface area contributed by atoms with Crippen LogP contribution in [-0.4, -0.2) is 22.9 Å². The number of nitrogens with zero attached hydrogens (tertiary/aromatic N) is 3. The van der Waals surface area contributed by atoms with Gasteiger partial charge in [0, 0.05) is 30.4 Å². The Morgan fingerprint density at radius 2 is 2.04 bits per heavy atom. The Hall–Kier alpha value is -3.19. The number of ether oxygens (including phenoxy) is 1. The molecule has 1 aromatic carbocycles. The number of amides is 1. The smallest absolute Gasteiger partial charge is 0.293 e. The van der Waals surface area contributed by atoms with Gasteiger partial charge in [0.1, 0.15) is 0 Å². The van der Waals surface area contributed by atoms with Gasteiger partial charge in [-0.15, -0.1) is 11.3 Å². The van der Waals surface area contributed by atoms with Gasteiger partial charge in [0.2, 0.25) is 0 Å². The summed E-state index contributed by atoms with van der Waals surface area (Å²) >= 11 is 1.38. The first-order valence-corrected chi connectivity index (χ1v) is 8.43. The van der Waals surface area contributed by atoms with E-state index in [1.807, 2.05) is 35.7 Å². The molecule has 7 heteroatoms. The summed E-state index contributed by atoms with van der Waals surface area (Å²) in [6.45, 7) is 0. The second kappa shape index (κ2) is 6.03. The van der Waals surface area contributed by atoms with Gasteiger partial charge in [0.15, 0.2) is 16.6 Å². The van der Waals surface area contributed by atoms with E-state index in [-0.39, 0.29) is 11.7 Å². The average molecular weight is 350 g/mol. The molecule has 3 heterocycles. The maximum atomic E-state index is 12.6. The molecule has 0 aliphatic carbocycles. The van der Waals surface area contributed by atoms with Crippen molar-refractivity contribution in [3.8, 4) is 17.0 Å². The molecule has 0 spiro atoms. The normalized spacial score (nSPS) is 15.2. The lowest BCUT2D eigenvalue weighted by molar-refractivity contribution is -0.117. The number of fused-ring (bicyclic) bond motifs is 1. The Bertz CT molecular complexity index is 982. The average Bonchev–Trinajstić information content (AvgIpc) is 3.06. The van der Waals surface area contributed by atoms with Gasteiger partial charge >= 0.3 is 0 Å². The Balaban J connectivity index is 1.72. The highest BCUT2D eigenvalue weighted by atomic mass is 32.1. The maximum absolute atomic E-state index is 12.6. The minimum absolute atomic E-state index is 0.209. The Morgan fingerprint density at radius 3 is 2.76 bits per heavy atom. The summed E-state index contributed by atoms with van der Waals surface area (Å²) in [6.07, 6.45) is 5.05. The number of carbonyl (C=O) groups is 1. The molecule has 0 radical (unpaired) electrons. The zero-order chi connectivity index (χ0) is 17.4. The van der Waals surface area contributed by atoms with Gasteiger partial charge in [-0.2, -0.15) is 0 Å². The number of thiazole rings is 1. The summed E-state index contributed by atoms with van der Waals surface area (Å²) in [7, 11) is 1.73. The van der Waals surface area contributed by atoms with E-state index in [0.29, 0.717) is 16.6 Å². The monoisotopic (exact) mass is 350 g/mol. The molecule has 0 atom stereocenters.